The van der Waals surface area contributed by atoms with Gasteiger partial charge in [0.15, 0.2) is 0 Å². The monoisotopic (exact) mass is 536 g/mol. The quantitative estimate of drug-likeness (QED) is 0.213. The van der Waals surface area contributed by atoms with Crippen LogP contribution in [0.15, 0.2) is 121 Å². The minimum absolute atomic E-state index is 0. The van der Waals surface area contributed by atoms with Crippen LogP contribution in [-0.4, -0.2) is 20.4 Å². The Bertz CT molecular complexity index is 849. The van der Waals surface area contributed by atoms with Crippen LogP contribution in [0.5, 0.6) is 0 Å². The zero-order chi connectivity index (χ0) is 26.8. The summed E-state index contributed by atoms with van der Waals surface area (Å²) in [5, 5.41) is 36.1. The van der Waals surface area contributed by atoms with Crippen molar-refractivity contribution >= 4 is 0 Å². The van der Waals surface area contributed by atoms with E-state index >= 15 is 0 Å². The first-order chi connectivity index (χ1) is 17.2. The molecule has 0 spiro atoms. The van der Waals surface area contributed by atoms with Gasteiger partial charge < -0.3 is 20.4 Å². The van der Waals surface area contributed by atoms with Gasteiger partial charge in [0.1, 0.15) is 0 Å². The molecule has 4 atom stereocenters. The number of rotatable bonds is 4. The molecule has 4 N–H and O–H groups in total. The van der Waals surface area contributed by atoms with Crippen molar-refractivity contribution in [2.24, 2.45) is 0 Å². The zero-order valence-corrected chi connectivity index (χ0v) is 23.7. The summed E-state index contributed by atoms with van der Waals surface area (Å²) in [6.45, 7) is 7.04. The largest absolute Gasteiger partial charge is 0.389 e. The van der Waals surface area contributed by atoms with Crippen molar-refractivity contribution in [3.05, 3.63) is 144 Å². The normalized spacial score (nSPS) is 12.8. The summed E-state index contributed by atoms with van der Waals surface area (Å²) < 4.78 is 0. The topological polar surface area (TPSA) is 80.9 Å². The van der Waals surface area contributed by atoms with Crippen molar-refractivity contribution in [1.29, 1.82) is 0 Å². The molecule has 0 aliphatic heterocycles. The molecule has 0 aromatic heterocycles. The first-order valence-corrected chi connectivity index (χ1v) is 12.1. The van der Waals surface area contributed by atoms with E-state index in [1.54, 1.807) is 27.7 Å². The fourth-order valence-electron chi connectivity index (χ4n) is 2.93. The fraction of sp³-hybridized carbons (Fsp3) is 0.250. The van der Waals surface area contributed by atoms with Crippen molar-refractivity contribution in [3.8, 4) is 0 Å². The predicted molar refractivity (Wildman–Crippen MR) is 148 cm³/mol. The number of hydrogen-bond acceptors (Lipinski definition) is 4. The van der Waals surface area contributed by atoms with Gasteiger partial charge in [-0.1, -0.05) is 121 Å². The van der Waals surface area contributed by atoms with Crippen LogP contribution < -0.4 is 0 Å². The van der Waals surface area contributed by atoms with E-state index in [2.05, 4.69) is 0 Å². The summed E-state index contributed by atoms with van der Waals surface area (Å²) in [5.74, 6) is 0. The molecule has 0 bridgehead atoms. The minimum Gasteiger partial charge on any atom is -0.389 e. The maximum absolute atomic E-state index is 9.02. The molecule has 4 aromatic rings. The van der Waals surface area contributed by atoms with Gasteiger partial charge >= 0.3 is 0 Å². The van der Waals surface area contributed by atoms with Crippen molar-refractivity contribution in [2.75, 3.05) is 0 Å². The molecule has 0 radical (unpaired) electrons. The fourth-order valence-corrected chi connectivity index (χ4v) is 2.93. The van der Waals surface area contributed by atoms with Crippen LogP contribution in [-0.2, 0) is 21.7 Å². The molecule has 0 saturated heterocycles. The van der Waals surface area contributed by atoms with Crippen LogP contribution in [0.4, 0.5) is 0 Å². The maximum atomic E-state index is 9.02. The molecule has 4 aromatic carbocycles. The van der Waals surface area contributed by atoms with Gasteiger partial charge in [-0.05, 0) is 49.9 Å². The Labute approximate surface area is 237 Å². The van der Waals surface area contributed by atoms with Gasteiger partial charge in [-0.3, -0.25) is 0 Å². The third-order valence-electron chi connectivity index (χ3n) is 5.13. The number of benzene rings is 4. The summed E-state index contributed by atoms with van der Waals surface area (Å²) in [5.41, 5.74) is 3.88. The standard InChI is InChI=1S/4C8H10O.Ti/c4*1-7(9)8-5-3-2-4-6-8;/h4*2-7,9H,1H3;. The Hall–Kier alpha value is -2.57. The van der Waals surface area contributed by atoms with Gasteiger partial charge in [0.25, 0.3) is 0 Å². The average molecular weight is 537 g/mol. The van der Waals surface area contributed by atoms with Crippen molar-refractivity contribution in [1.82, 2.24) is 0 Å². The second-order valence-electron chi connectivity index (χ2n) is 8.35. The molecular formula is C32H40O4Ti. The number of aliphatic hydroxyl groups excluding tert-OH is 4. The molecule has 0 aliphatic rings. The molecule has 0 heterocycles. The number of hydrogen-bond donors (Lipinski definition) is 4. The first-order valence-electron chi connectivity index (χ1n) is 12.1. The van der Waals surface area contributed by atoms with Crippen LogP contribution in [0.2, 0.25) is 0 Å². The molecule has 0 amide bonds. The Morgan fingerprint density at radius 2 is 0.459 bits per heavy atom. The van der Waals surface area contributed by atoms with Crippen LogP contribution in [0.25, 0.3) is 0 Å². The number of aliphatic hydroxyl groups is 4. The first kappa shape index (κ1) is 34.4. The summed E-state index contributed by atoms with van der Waals surface area (Å²) in [4.78, 5) is 0. The van der Waals surface area contributed by atoms with Crippen LogP contribution in [0, 0.1) is 0 Å². The van der Waals surface area contributed by atoms with E-state index in [1.807, 2.05) is 121 Å². The van der Waals surface area contributed by atoms with E-state index in [4.69, 9.17) is 20.4 Å². The van der Waals surface area contributed by atoms with E-state index in [9.17, 15) is 0 Å². The van der Waals surface area contributed by atoms with E-state index in [-0.39, 0.29) is 46.1 Å². The molecule has 4 unspecified atom stereocenters. The van der Waals surface area contributed by atoms with Crippen molar-refractivity contribution < 1.29 is 42.1 Å². The molecule has 37 heavy (non-hydrogen) atoms. The van der Waals surface area contributed by atoms with Crippen LogP contribution in [0.3, 0.4) is 0 Å². The summed E-state index contributed by atoms with van der Waals surface area (Å²) in [7, 11) is 0. The van der Waals surface area contributed by atoms with E-state index < -0.39 is 0 Å². The van der Waals surface area contributed by atoms with Crippen LogP contribution in [0.1, 0.15) is 74.4 Å². The summed E-state index contributed by atoms with van der Waals surface area (Å²) >= 11 is 0. The molecule has 4 nitrogen and oxygen atoms in total. The van der Waals surface area contributed by atoms with E-state index in [1.165, 1.54) is 0 Å². The molecule has 5 heteroatoms. The van der Waals surface area contributed by atoms with Gasteiger partial charge in [-0.2, -0.15) is 0 Å². The molecule has 4 rings (SSSR count). The van der Waals surface area contributed by atoms with Crippen LogP contribution >= 0.6 is 0 Å². The second kappa shape index (κ2) is 20.5. The van der Waals surface area contributed by atoms with E-state index in [0.29, 0.717) is 0 Å². The molecule has 196 valence electrons. The Morgan fingerprint density at radius 1 is 0.324 bits per heavy atom. The maximum Gasteiger partial charge on any atom is 0.0761 e. The van der Waals surface area contributed by atoms with Gasteiger partial charge in [-0.25, -0.2) is 0 Å². The van der Waals surface area contributed by atoms with Gasteiger partial charge in [0, 0.05) is 21.7 Å². The third-order valence-corrected chi connectivity index (χ3v) is 5.13. The van der Waals surface area contributed by atoms with Crippen molar-refractivity contribution in [3.63, 3.8) is 0 Å². The SMILES string of the molecule is CC(O)c1ccccc1.CC(O)c1ccccc1.CC(O)c1ccccc1.CC(O)c1ccccc1.[Ti]. The molecular weight excluding hydrogens is 496 g/mol. The average Bonchev–Trinajstić information content (AvgIpc) is 2.92. The second-order valence-corrected chi connectivity index (χ2v) is 8.35. The molecule has 0 saturated carbocycles. The minimum atomic E-state index is -0.341. The molecule has 0 fully saturated rings. The summed E-state index contributed by atoms with van der Waals surface area (Å²) in [6.07, 6.45) is -1.37. The van der Waals surface area contributed by atoms with Crippen molar-refractivity contribution in [2.45, 2.75) is 52.1 Å². The van der Waals surface area contributed by atoms with Gasteiger partial charge in [0.05, 0.1) is 24.4 Å². The van der Waals surface area contributed by atoms with Gasteiger partial charge in [0.2, 0.25) is 0 Å². The Kier molecular flexibility index (Phi) is 19.1. The van der Waals surface area contributed by atoms with E-state index in [0.717, 1.165) is 22.3 Å². The Balaban J connectivity index is 0.000000463. The van der Waals surface area contributed by atoms with Gasteiger partial charge in [-0.15, -0.1) is 0 Å². The summed E-state index contributed by atoms with van der Waals surface area (Å²) in [6, 6.07) is 38.4. The zero-order valence-electron chi connectivity index (χ0n) is 22.1. The Morgan fingerprint density at radius 3 is 0.541 bits per heavy atom. The third kappa shape index (κ3) is 16.0. The smallest absolute Gasteiger partial charge is 0.0761 e. The predicted octanol–water partition coefficient (Wildman–Crippen LogP) is 6.96. The molecule has 0 aliphatic carbocycles.